The number of nitrogens with zero attached hydrogens (tertiary/aromatic N) is 5. The van der Waals surface area contributed by atoms with E-state index in [1.165, 1.54) is 0 Å². The third-order valence-corrected chi connectivity index (χ3v) is 6.04. The highest BCUT2D eigenvalue weighted by Crippen LogP contribution is 2.33. The molecular formula is C23H25Cl2N7. The molecule has 0 saturated carbocycles. The fraction of sp³-hybridized carbons (Fsp3) is 0.261. The van der Waals surface area contributed by atoms with Gasteiger partial charge in [0, 0.05) is 16.7 Å². The van der Waals surface area contributed by atoms with Gasteiger partial charge in [-0.05, 0) is 30.7 Å². The van der Waals surface area contributed by atoms with E-state index in [9.17, 15) is 0 Å². The molecule has 4 N–H and O–H groups in total. The summed E-state index contributed by atoms with van der Waals surface area (Å²) < 4.78 is 0. The van der Waals surface area contributed by atoms with Crippen molar-refractivity contribution in [3.05, 3.63) is 69.6 Å². The van der Waals surface area contributed by atoms with Crippen LogP contribution in [0.5, 0.6) is 0 Å². The van der Waals surface area contributed by atoms with E-state index in [1.807, 2.05) is 18.2 Å². The zero-order valence-corrected chi connectivity index (χ0v) is 19.7. The van der Waals surface area contributed by atoms with Gasteiger partial charge in [-0.2, -0.15) is 5.10 Å². The zero-order valence-electron chi connectivity index (χ0n) is 18.2. The molecule has 0 radical (unpaired) electrons. The van der Waals surface area contributed by atoms with Crippen molar-refractivity contribution in [3.63, 3.8) is 0 Å². The van der Waals surface area contributed by atoms with Gasteiger partial charge in [0.15, 0.2) is 0 Å². The maximum absolute atomic E-state index is 6.33. The van der Waals surface area contributed by atoms with Crippen LogP contribution < -0.4 is 11.6 Å². The first-order valence-electron chi connectivity index (χ1n) is 10.1. The lowest BCUT2D eigenvalue weighted by Crippen LogP contribution is -2.18. The molecule has 3 aromatic rings. The van der Waals surface area contributed by atoms with Crippen LogP contribution in [0.1, 0.15) is 44.3 Å². The van der Waals surface area contributed by atoms with E-state index >= 15 is 0 Å². The predicted molar refractivity (Wildman–Crippen MR) is 132 cm³/mol. The van der Waals surface area contributed by atoms with E-state index in [2.05, 4.69) is 40.8 Å². The van der Waals surface area contributed by atoms with Gasteiger partial charge >= 0.3 is 0 Å². The maximum atomic E-state index is 6.33. The van der Waals surface area contributed by atoms with Crippen molar-refractivity contribution in [1.29, 1.82) is 0 Å². The number of rotatable bonds is 7. The lowest BCUT2D eigenvalue weighted by molar-refractivity contribution is 0.488. The second kappa shape index (κ2) is 10.1. The van der Waals surface area contributed by atoms with Gasteiger partial charge in [0.05, 0.1) is 39.9 Å². The number of nitrogens with two attached hydrogens (primary N) is 2. The Morgan fingerprint density at radius 3 is 2.56 bits per heavy atom. The number of benzene rings is 1. The predicted octanol–water partition coefficient (Wildman–Crippen LogP) is 5.05. The van der Waals surface area contributed by atoms with E-state index in [-0.39, 0.29) is 11.4 Å². The van der Waals surface area contributed by atoms with Crippen LogP contribution in [0.4, 0.5) is 5.95 Å². The summed E-state index contributed by atoms with van der Waals surface area (Å²) in [5.41, 5.74) is 9.71. The summed E-state index contributed by atoms with van der Waals surface area (Å²) in [5, 5.41) is 4.61. The average molecular weight is 470 g/mol. The molecule has 0 aliphatic carbocycles. The molecular weight excluding hydrogens is 445 g/mol. The van der Waals surface area contributed by atoms with Crippen molar-refractivity contribution in [1.82, 2.24) is 15.0 Å². The molecule has 2 aromatic heterocycles. The molecule has 0 aliphatic rings. The molecule has 0 unspecified atom stereocenters. The first-order chi connectivity index (χ1) is 15.2. The van der Waals surface area contributed by atoms with Gasteiger partial charge in [0.1, 0.15) is 5.71 Å². The van der Waals surface area contributed by atoms with Gasteiger partial charge < -0.3 is 11.6 Å². The minimum atomic E-state index is 0.0000957. The third-order valence-electron chi connectivity index (χ3n) is 5.22. The van der Waals surface area contributed by atoms with Gasteiger partial charge in [-0.15, -0.1) is 0 Å². The lowest BCUT2D eigenvalue weighted by Gasteiger charge is -2.22. The normalized spacial score (nSPS) is 12.5. The second-order valence-corrected chi connectivity index (χ2v) is 8.62. The summed E-state index contributed by atoms with van der Waals surface area (Å²) in [4.78, 5) is 17.7. The molecule has 0 fully saturated rings. The van der Waals surface area contributed by atoms with E-state index < -0.39 is 0 Å². The van der Waals surface area contributed by atoms with Crippen molar-refractivity contribution in [2.75, 3.05) is 5.73 Å². The number of hydrogen-bond acceptors (Lipinski definition) is 7. The first kappa shape index (κ1) is 23.6. The average Bonchev–Trinajstić information content (AvgIpc) is 2.78. The number of aliphatic imine (C=N–C) groups is 1. The Morgan fingerprint density at radius 2 is 1.84 bits per heavy atom. The van der Waals surface area contributed by atoms with Crippen LogP contribution in [-0.4, -0.2) is 26.9 Å². The minimum absolute atomic E-state index is 0.0000957. The monoisotopic (exact) mass is 469 g/mol. The molecule has 0 bridgehead atoms. The molecule has 0 amide bonds. The first-order valence-corrected chi connectivity index (χ1v) is 10.8. The van der Waals surface area contributed by atoms with E-state index in [0.29, 0.717) is 39.3 Å². The topological polar surface area (TPSA) is 115 Å². The third kappa shape index (κ3) is 5.41. The summed E-state index contributed by atoms with van der Waals surface area (Å²) in [6.45, 7) is 6.87. The van der Waals surface area contributed by atoms with Crippen LogP contribution in [0, 0.1) is 0 Å². The molecule has 2 heterocycles. The summed E-state index contributed by atoms with van der Waals surface area (Å²) in [6.07, 6.45) is 2.54. The van der Waals surface area contributed by atoms with Crippen LogP contribution in [0.2, 0.25) is 10.0 Å². The molecule has 0 saturated heterocycles. The molecule has 3 rings (SSSR count). The summed E-state index contributed by atoms with van der Waals surface area (Å²) >= 11 is 12.5. The number of halogens is 2. The Labute approximate surface area is 197 Å². The highest BCUT2D eigenvalue weighted by molar-refractivity contribution is 6.43. The number of hydrogen-bond donors (Lipinski definition) is 2. The molecule has 0 aliphatic heterocycles. The summed E-state index contributed by atoms with van der Waals surface area (Å²) in [6, 6.07) is 12.9. The van der Waals surface area contributed by atoms with Crippen molar-refractivity contribution in [3.8, 4) is 11.3 Å². The Bertz CT molecular complexity index is 1170. The van der Waals surface area contributed by atoms with Crippen LogP contribution in [0.15, 0.2) is 52.6 Å². The fourth-order valence-electron chi connectivity index (χ4n) is 2.95. The standard InChI is InChI=1S/C23H25Cl2N7/c1-4-23(2,3)20-10-5-7-14(29-20)12-28-13-19(32-27)18-11-17(30-22(26)31-18)15-8-6-9-16(24)21(15)25/h5-11,13H,4,12,27H2,1-3H3,(H2,26,30,31). The Hall–Kier alpha value is -3.03. The second-order valence-electron chi connectivity index (χ2n) is 7.83. The van der Waals surface area contributed by atoms with Crippen molar-refractivity contribution < 1.29 is 0 Å². The SMILES string of the molecule is CCC(C)(C)c1cccc(CN=CC(=NN)c2cc(-c3cccc(Cl)c3Cl)nc(N)n2)n1. The molecule has 0 spiro atoms. The van der Waals surface area contributed by atoms with Crippen molar-refractivity contribution in [2.45, 2.75) is 39.2 Å². The summed E-state index contributed by atoms with van der Waals surface area (Å²) in [7, 11) is 0. The van der Waals surface area contributed by atoms with E-state index in [4.69, 9.17) is 39.8 Å². The molecule has 9 heteroatoms. The molecule has 0 atom stereocenters. The lowest BCUT2D eigenvalue weighted by atomic mass is 9.86. The number of nitrogen functional groups attached to an aromatic ring is 1. The van der Waals surface area contributed by atoms with Crippen molar-refractivity contribution in [2.24, 2.45) is 15.9 Å². The number of aromatic nitrogens is 3. The number of hydrazone groups is 1. The Morgan fingerprint density at radius 1 is 1.09 bits per heavy atom. The zero-order chi connectivity index (χ0) is 23.3. The quantitative estimate of drug-likeness (QED) is 0.285. The van der Waals surface area contributed by atoms with Crippen molar-refractivity contribution >= 4 is 41.1 Å². The van der Waals surface area contributed by atoms with Crippen LogP contribution in [-0.2, 0) is 12.0 Å². The minimum Gasteiger partial charge on any atom is -0.368 e. The van der Waals surface area contributed by atoms with Crippen LogP contribution >= 0.6 is 23.2 Å². The van der Waals surface area contributed by atoms with E-state index in [1.54, 1.807) is 30.5 Å². The molecule has 32 heavy (non-hydrogen) atoms. The van der Waals surface area contributed by atoms with Crippen LogP contribution in [0.25, 0.3) is 11.3 Å². The van der Waals surface area contributed by atoms with Gasteiger partial charge in [-0.25, -0.2) is 9.97 Å². The van der Waals surface area contributed by atoms with E-state index in [0.717, 1.165) is 17.8 Å². The Kier molecular flexibility index (Phi) is 7.43. The van der Waals surface area contributed by atoms with Gasteiger partial charge in [0.2, 0.25) is 5.95 Å². The maximum Gasteiger partial charge on any atom is 0.221 e. The highest BCUT2D eigenvalue weighted by atomic mass is 35.5. The highest BCUT2D eigenvalue weighted by Gasteiger charge is 2.19. The molecule has 166 valence electrons. The van der Waals surface area contributed by atoms with Gasteiger partial charge in [-0.3, -0.25) is 9.98 Å². The number of anilines is 1. The summed E-state index contributed by atoms with van der Waals surface area (Å²) in [5.74, 6) is 5.66. The smallest absolute Gasteiger partial charge is 0.221 e. The Balaban J connectivity index is 1.85. The van der Waals surface area contributed by atoms with Gasteiger partial charge in [-0.1, -0.05) is 62.2 Å². The molecule has 1 aromatic carbocycles. The fourth-order valence-corrected chi connectivity index (χ4v) is 3.35. The number of pyridine rings is 1. The van der Waals surface area contributed by atoms with Gasteiger partial charge in [0.25, 0.3) is 0 Å². The van der Waals surface area contributed by atoms with Crippen LogP contribution in [0.3, 0.4) is 0 Å². The molecule has 7 nitrogen and oxygen atoms in total. The largest absolute Gasteiger partial charge is 0.368 e.